The summed E-state index contributed by atoms with van der Waals surface area (Å²) in [5.74, 6) is 0.129. The van der Waals surface area contributed by atoms with Gasteiger partial charge in [-0.05, 0) is 36.0 Å². The third-order valence-electron chi connectivity index (χ3n) is 1.50. The van der Waals surface area contributed by atoms with Crippen molar-refractivity contribution in [2.45, 2.75) is 19.2 Å². The number of ether oxygens (including phenoxy) is 1. The fourth-order valence-corrected chi connectivity index (χ4v) is 1.06. The summed E-state index contributed by atoms with van der Waals surface area (Å²) in [4.78, 5) is 3.71. The minimum absolute atomic E-state index is 0.129. The van der Waals surface area contributed by atoms with Crippen molar-refractivity contribution >= 4 is 15.9 Å². The monoisotopic (exact) mass is 300 g/mol. The van der Waals surface area contributed by atoms with E-state index in [-0.39, 0.29) is 5.75 Å². The molecular weight excluding hydrogens is 289 g/mol. The third-order valence-corrected chi connectivity index (χ3v) is 2.10. The van der Waals surface area contributed by atoms with Gasteiger partial charge in [-0.3, -0.25) is 4.98 Å². The van der Waals surface area contributed by atoms with E-state index in [0.29, 0.717) is 4.47 Å². The molecule has 7 heteroatoms. The van der Waals surface area contributed by atoms with Gasteiger partial charge in [0, 0.05) is 12.4 Å². The van der Waals surface area contributed by atoms with Crippen LogP contribution in [0.4, 0.5) is 13.2 Å². The van der Waals surface area contributed by atoms with Gasteiger partial charge in [-0.2, -0.15) is 13.2 Å². The molecule has 1 rings (SSSR count). The van der Waals surface area contributed by atoms with Crippen molar-refractivity contribution in [1.29, 1.82) is 0 Å². The van der Waals surface area contributed by atoms with Crippen LogP contribution in [-0.4, -0.2) is 24.3 Å². The first-order valence-corrected chi connectivity index (χ1v) is 5.11. The van der Waals surface area contributed by atoms with Crippen LogP contribution in [0, 0.1) is 0 Å². The Kier molecular flexibility index (Phi) is 6.35. The van der Waals surface area contributed by atoms with E-state index >= 15 is 0 Å². The van der Waals surface area contributed by atoms with Crippen LogP contribution in [0.15, 0.2) is 22.9 Å². The van der Waals surface area contributed by atoms with Gasteiger partial charge in [0.25, 0.3) is 0 Å². The average molecular weight is 301 g/mol. The number of rotatable bonds is 2. The molecule has 0 radical (unpaired) electrons. The van der Waals surface area contributed by atoms with Crippen molar-refractivity contribution in [2.75, 3.05) is 7.05 Å². The molecule has 1 atom stereocenters. The molecule has 0 unspecified atom stereocenters. The van der Waals surface area contributed by atoms with Gasteiger partial charge >= 0.3 is 6.18 Å². The van der Waals surface area contributed by atoms with Crippen molar-refractivity contribution in [3.8, 4) is 5.75 Å². The number of halogens is 4. The van der Waals surface area contributed by atoms with Crippen molar-refractivity contribution in [3.63, 3.8) is 0 Å². The van der Waals surface area contributed by atoms with E-state index < -0.39 is 12.3 Å². The van der Waals surface area contributed by atoms with Gasteiger partial charge in [0.15, 0.2) is 6.10 Å². The van der Waals surface area contributed by atoms with Crippen molar-refractivity contribution < 1.29 is 17.9 Å². The second kappa shape index (κ2) is 6.70. The van der Waals surface area contributed by atoms with Crippen LogP contribution in [0.3, 0.4) is 0 Å². The lowest BCUT2D eigenvalue weighted by molar-refractivity contribution is -0.189. The fourth-order valence-electron chi connectivity index (χ4n) is 0.715. The predicted molar refractivity (Wildman–Crippen MR) is 58.2 cm³/mol. The molecule has 1 heterocycles. The van der Waals surface area contributed by atoms with Gasteiger partial charge in [0.2, 0.25) is 0 Å². The van der Waals surface area contributed by atoms with Crippen LogP contribution >= 0.6 is 15.9 Å². The normalized spacial score (nSPS) is 12.4. The average Bonchev–Trinajstić information content (AvgIpc) is 2.23. The Labute approximate surface area is 99.9 Å². The molecule has 0 aromatic carbocycles. The lowest BCUT2D eigenvalue weighted by Gasteiger charge is -2.17. The van der Waals surface area contributed by atoms with E-state index in [2.05, 4.69) is 26.6 Å². The Morgan fingerprint density at radius 1 is 1.44 bits per heavy atom. The molecule has 2 N–H and O–H groups in total. The topological polar surface area (TPSA) is 48.1 Å². The highest BCUT2D eigenvalue weighted by atomic mass is 79.9. The summed E-state index contributed by atoms with van der Waals surface area (Å²) in [5.41, 5.74) is 4.50. The Bertz CT molecular complexity index is 320. The summed E-state index contributed by atoms with van der Waals surface area (Å²) in [6.07, 6.45) is -3.45. The number of aromatic nitrogens is 1. The second-order valence-electron chi connectivity index (χ2n) is 2.61. The summed E-state index contributed by atoms with van der Waals surface area (Å²) in [6, 6.07) is 1.37. The lowest BCUT2D eigenvalue weighted by atomic mass is 10.4. The molecule has 0 bridgehead atoms. The van der Waals surface area contributed by atoms with E-state index in [1.165, 1.54) is 25.5 Å². The highest BCUT2D eigenvalue weighted by Crippen LogP contribution is 2.28. The molecule has 0 aliphatic heterocycles. The Morgan fingerprint density at radius 3 is 2.44 bits per heavy atom. The summed E-state index contributed by atoms with van der Waals surface area (Å²) in [6.45, 7) is 0.951. The largest absolute Gasteiger partial charge is 0.480 e. The maximum absolute atomic E-state index is 12.1. The first-order valence-electron chi connectivity index (χ1n) is 4.32. The minimum atomic E-state index is -4.36. The van der Waals surface area contributed by atoms with Crippen LogP contribution in [-0.2, 0) is 0 Å². The first-order chi connectivity index (χ1) is 7.41. The molecule has 0 saturated heterocycles. The Hall–Kier alpha value is -0.820. The van der Waals surface area contributed by atoms with E-state index in [9.17, 15) is 13.2 Å². The second-order valence-corrected chi connectivity index (χ2v) is 3.46. The molecule has 0 saturated carbocycles. The molecule has 16 heavy (non-hydrogen) atoms. The molecule has 92 valence electrons. The van der Waals surface area contributed by atoms with Crippen LogP contribution in [0.2, 0.25) is 0 Å². The Morgan fingerprint density at radius 2 is 2.00 bits per heavy atom. The molecule has 0 spiro atoms. The van der Waals surface area contributed by atoms with Crippen molar-refractivity contribution in [2.24, 2.45) is 5.73 Å². The number of hydrogen-bond donors (Lipinski definition) is 1. The number of hydrogen-bond acceptors (Lipinski definition) is 3. The fraction of sp³-hybridized carbons (Fsp3) is 0.444. The van der Waals surface area contributed by atoms with Gasteiger partial charge in [0.05, 0.1) is 4.47 Å². The molecular formula is C9H12BrF3N2O. The lowest BCUT2D eigenvalue weighted by Crippen LogP contribution is -2.31. The minimum Gasteiger partial charge on any atom is -0.480 e. The van der Waals surface area contributed by atoms with Crippen molar-refractivity contribution in [1.82, 2.24) is 4.98 Å². The summed E-state index contributed by atoms with van der Waals surface area (Å²) >= 11 is 3.04. The third kappa shape index (κ3) is 4.80. The quantitative estimate of drug-likeness (QED) is 0.913. The highest BCUT2D eigenvalue weighted by Gasteiger charge is 2.38. The number of pyridine rings is 1. The van der Waals surface area contributed by atoms with Gasteiger partial charge < -0.3 is 10.5 Å². The van der Waals surface area contributed by atoms with E-state index in [4.69, 9.17) is 4.74 Å². The maximum atomic E-state index is 12.1. The van der Waals surface area contributed by atoms with Gasteiger partial charge in [-0.15, -0.1) is 0 Å². The van der Waals surface area contributed by atoms with Crippen LogP contribution in [0.25, 0.3) is 0 Å². The predicted octanol–water partition coefficient (Wildman–Crippen LogP) is 2.75. The molecule has 0 aliphatic rings. The maximum Gasteiger partial charge on any atom is 0.425 e. The zero-order chi connectivity index (χ0) is 12.8. The van der Waals surface area contributed by atoms with Gasteiger partial charge in [0.1, 0.15) is 5.75 Å². The standard InChI is InChI=1S/C8H7BrF3NO.CH5N/c1-5(8(10,11)12)14-7-2-3-13-4-6(7)9;1-2/h2-5H,1H3;2H2,1H3/t5-;/m0./s1. The number of alkyl halides is 3. The molecule has 1 aromatic heterocycles. The Balaban J connectivity index is 0.00000106. The number of nitrogens with two attached hydrogens (primary N) is 1. The van der Waals surface area contributed by atoms with E-state index in [0.717, 1.165) is 6.92 Å². The molecule has 0 amide bonds. The zero-order valence-corrected chi connectivity index (χ0v) is 10.3. The summed E-state index contributed by atoms with van der Waals surface area (Å²) in [5, 5.41) is 0. The molecule has 1 aromatic rings. The van der Waals surface area contributed by atoms with Crippen molar-refractivity contribution in [3.05, 3.63) is 22.9 Å². The van der Waals surface area contributed by atoms with Crippen LogP contribution in [0.1, 0.15) is 6.92 Å². The van der Waals surface area contributed by atoms with Crippen LogP contribution in [0.5, 0.6) is 5.75 Å². The smallest absolute Gasteiger partial charge is 0.425 e. The van der Waals surface area contributed by atoms with Gasteiger partial charge in [-0.1, -0.05) is 0 Å². The zero-order valence-electron chi connectivity index (χ0n) is 8.75. The molecule has 0 fully saturated rings. The van der Waals surface area contributed by atoms with Gasteiger partial charge in [-0.25, -0.2) is 0 Å². The van der Waals surface area contributed by atoms with E-state index in [1.807, 2.05) is 0 Å². The summed E-state index contributed by atoms with van der Waals surface area (Å²) < 4.78 is 41.4. The SMILES string of the molecule is CN.C[C@H](Oc1ccncc1Br)C(F)(F)F. The number of nitrogens with zero attached hydrogens (tertiary/aromatic N) is 1. The highest BCUT2D eigenvalue weighted by molar-refractivity contribution is 9.10. The van der Waals surface area contributed by atoms with Crippen LogP contribution < -0.4 is 10.5 Å². The summed E-state index contributed by atoms with van der Waals surface area (Å²) in [7, 11) is 1.50. The van der Waals surface area contributed by atoms with E-state index in [1.54, 1.807) is 0 Å². The molecule has 0 aliphatic carbocycles. The molecule has 3 nitrogen and oxygen atoms in total. The first kappa shape index (κ1) is 15.2.